The summed E-state index contributed by atoms with van der Waals surface area (Å²) in [4.78, 5) is 13.5. The first-order chi connectivity index (χ1) is 16.0. The van der Waals surface area contributed by atoms with Crippen LogP contribution in [0, 0.1) is 17.2 Å². The van der Waals surface area contributed by atoms with Crippen molar-refractivity contribution >= 4 is 16.7 Å². The predicted octanol–water partition coefficient (Wildman–Crippen LogP) is 3.69. The summed E-state index contributed by atoms with van der Waals surface area (Å²) < 4.78 is 13.2. The van der Waals surface area contributed by atoms with Crippen molar-refractivity contribution in [2.24, 2.45) is 5.92 Å². The molecule has 3 aromatic rings. The topological polar surface area (TPSA) is 79.4 Å². The monoisotopic (exact) mass is 448 g/mol. The van der Waals surface area contributed by atoms with E-state index in [1.807, 2.05) is 12.1 Å². The maximum absolute atomic E-state index is 9.25. The molecule has 4 rings (SSSR count). The molecule has 33 heavy (non-hydrogen) atoms. The Balaban J connectivity index is 1.50. The van der Waals surface area contributed by atoms with E-state index in [1.54, 1.807) is 20.4 Å². The van der Waals surface area contributed by atoms with Gasteiger partial charge in [0.2, 0.25) is 5.82 Å². The summed E-state index contributed by atoms with van der Waals surface area (Å²) in [5.41, 5.74) is 3.19. The Labute approximate surface area is 195 Å². The number of aryl methyl sites for hydroxylation is 1. The average molecular weight is 449 g/mol. The largest absolute Gasteiger partial charge is 0.497 e. The van der Waals surface area contributed by atoms with E-state index >= 15 is 0 Å². The molecule has 0 amide bonds. The molecule has 1 aliphatic rings. The number of nitriles is 1. The van der Waals surface area contributed by atoms with Gasteiger partial charge in [-0.2, -0.15) is 5.26 Å². The molecule has 2 aromatic heterocycles. The quantitative estimate of drug-likeness (QED) is 0.520. The number of nitrogens with zero attached hydrogens (tertiary/aromatic N) is 6. The zero-order chi connectivity index (χ0) is 23.4. The van der Waals surface area contributed by atoms with Crippen molar-refractivity contribution in [2.45, 2.75) is 33.4 Å². The van der Waals surface area contributed by atoms with Crippen molar-refractivity contribution in [1.29, 1.82) is 5.26 Å². The SMILES string of the molecule is COc1ccc(N2CCN(Cc3cc4cnc(C#N)nc4n3CCC(C)C)CC2)c(OC)c1. The molecule has 0 atom stereocenters. The van der Waals surface area contributed by atoms with Gasteiger partial charge in [-0.15, -0.1) is 0 Å². The molecule has 3 heterocycles. The van der Waals surface area contributed by atoms with Crippen LogP contribution in [-0.4, -0.2) is 59.8 Å². The van der Waals surface area contributed by atoms with Crippen LogP contribution < -0.4 is 14.4 Å². The summed E-state index contributed by atoms with van der Waals surface area (Å²) in [5.74, 6) is 2.45. The average Bonchev–Trinajstić information content (AvgIpc) is 3.18. The minimum absolute atomic E-state index is 0.222. The Kier molecular flexibility index (Phi) is 6.99. The fourth-order valence-corrected chi connectivity index (χ4v) is 4.34. The summed E-state index contributed by atoms with van der Waals surface area (Å²) in [5, 5.41) is 10.2. The highest BCUT2D eigenvalue weighted by atomic mass is 16.5. The van der Waals surface area contributed by atoms with E-state index in [-0.39, 0.29) is 5.82 Å². The number of piperazine rings is 1. The fourth-order valence-electron chi connectivity index (χ4n) is 4.34. The number of benzene rings is 1. The Bertz CT molecular complexity index is 1140. The van der Waals surface area contributed by atoms with Gasteiger partial charge in [0.05, 0.1) is 19.9 Å². The molecule has 1 saturated heterocycles. The van der Waals surface area contributed by atoms with Gasteiger partial charge in [-0.1, -0.05) is 13.8 Å². The van der Waals surface area contributed by atoms with Crippen LogP contribution in [0.15, 0.2) is 30.5 Å². The second-order valence-electron chi connectivity index (χ2n) is 8.86. The van der Waals surface area contributed by atoms with E-state index in [9.17, 15) is 5.26 Å². The lowest BCUT2D eigenvalue weighted by Crippen LogP contribution is -2.46. The number of anilines is 1. The maximum atomic E-state index is 9.25. The van der Waals surface area contributed by atoms with E-state index in [2.05, 4.69) is 56.4 Å². The van der Waals surface area contributed by atoms with Crippen molar-refractivity contribution in [3.63, 3.8) is 0 Å². The third-order valence-corrected chi connectivity index (χ3v) is 6.24. The van der Waals surface area contributed by atoms with Crippen LogP contribution in [0.2, 0.25) is 0 Å². The Morgan fingerprint density at radius 1 is 1.09 bits per heavy atom. The number of hydrogen-bond donors (Lipinski definition) is 0. The van der Waals surface area contributed by atoms with Gasteiger partial charge in [-0.3, -0.25) is 4.90 Å². The second kappa shape index (κ2) is 10.1. The van der Waals surface area contributed by atoms with Crippen LogP contribution in [0.5, 0.6) is 11.5 Å². The summed E-state index contributed by atoms with van der Waals surface area (Å²) in [7, 11) is 3.37. The number of ether oxygens (including phenoxy) is 2. The van der Waals surface area contributed by atoms with Gasteiger partial charge in [0.25, 0.3) is 0 Å². The number of hydrogen-bond acceptors (Lipinski definition) is 7. The van der Waals surface area contributed by atoms with Crippen molar-refractivity contribution < 1.29 is 9.47 Å². The lowest BCUT2D eigenvalue weighted by atomic mass is 10.1. The molecule has 0 spiro atoms. The molecule has 0 N–H and O–H groups in total. The smallest absolute Gasteiger partial charge is 0.234 e. The molecule has 0 bridgehead atoms. The predicted molar refractivity (Wildman–Crippen MR) is 129 cm³/mol. The zero-order valence-corrected chi connectivity index (χ0v) is 19.9. The molecule has 1 fully saturated rings. The van der Waals surface area contributed by atoms with Gasteiger partial charge in [-0.05, 0) is 30.5 Å². The third-order valence-electron chi connectivity index (χ3n) is 6.24. The molecule has 8 nitrogen and oxygen atoms in total. The minimum Gasteiger partial charge on any atom is -0.497 e. The lowest BCUT2D eigenvalue weighted by molar-refractivity contribution is 0.243. The number of rotatable bonds is 8. The lowest BCUT2D eigenvalue weighted by Gasteiger charge is -2.36. The highest BCUT2D eigenvalue weighted by Gasteiger charge is 2.22. The highest BCUT2D eigenvalue weighted by molar-refractivity contribution is 5.77. The summed E-state index contributed by atoms with van der Waals surface area (Å²) >= 11 is 0. The van der Waals surface area contributed by atoms with Gasteiger partial charge >= 0.3 is 0 Å². The van der Waals surface area contributed by atoms with E-state index < -0.39 is 0 Å². The first-order valence-corrected chi connectivity index (χ1v) is 11.5. The maximum Gasteiger partial charge on any atom is 0.234 e. The first kappa shape index (κ1) is 22.9. The Morgan fingerprint density at radius 3 is 2.55 bits per heavy atom. The second-order valence-corrected chi connectivity index (χ2v) is 8.86. The molecule has 0 saturated carbocycles. The van der Waals surface area contributed by atoms with Gasteiger partial charge in [0, 0.05) is 62.6 Å². The standard InChI is InChI=1S/C25H32N6O2/c1-18(2)7-8-31-20(13-19-16-27-24(15-26)28-25(19)31)17-29-9-11-30(12-10-29)22-6-5-21(32-3)14-23(22)33-4/h5-6,13-14,16,18H,7-12,17H2,1-4H3. The van der Waals surface area contributed by atoms with Crippen molar-refractivity contribution in [1.82, 2.24) is 19.4 Å². The molecule has 0 aliphatic carbocycles. The van der Waals surface area contributed by atoms with Crippen molar-refractivity contribution in [3.05, 3.63) is 42.0 Å². The van der Waals surface area contributed by atoms with Crippen LogP contribution in [0.1, 0.15) is 31.8 Å². The van der Waals surface area contributed by atoms with Gasteiger partial charge < -0.3 is 18.9 Å². The van der Waals surface area contributed by atoms with E-state index in [0.717, 1.165) is 73.9 Å². The normalized spacial score (nSPS) is 14.6. The number of aromatic nitrogens is 3. The molecule has 174 valence electrons. The van der Waals surface area contributed by atoms with Gasteiger partial charge in [0.1, 0.15) is 23.2 Å². The van der Waals surface area contributed by atoms with Crippen LogP contribution in [0.3, 0.4) is 0 Å². The van der Waals surface area contributed by atoms with E-state index in [0.29, 0.717) is 5.92 Å². The van der Waals surface area contributed by atoms with E-state index in [1.165, 1.54) is 5.69 Å². The number of fused-ring (bicyclic) bond motifs is 1. The van der Waals surface area contributed by atoms with Crippen molar-refractivity contribution in [2.75, 3.05) is 45.3 Å². The Hall–Kier alpha value is -3.31. The third kappa shape index (κ3) is 5.04. The summed E-state index contributed by atoms with van der Waals surface area (Å²) in [6, 6.07) is 10.2. The molecule has 1 aromatic carbocycles. The Morgan fingerprint density at radius 2 is 1.88 bits per heavy atom. The van der Waals surface area contributed by atoms with Crippen LogP contribution in [0.4, 0.5) is 5.69 Å². The first-order valence-electron chi connectivity index (χ1n) is 11.5. The molecule has 0 unspecified atom stereocenters. The summed E-state index contributed by atoms with van der Waals surface area (Å²) in [6.45, 7) is 9.96. The molecular formula is C25H32N6O2. The molecular weight excluding hydrogens is 416 g/mol. The minimum atomic E-state index is 0.222. The van der Waals surface area contributed by atoms with Crippen molar-refractivity contribution in [3.8, 4) is 17.6 Å². The van der Waals surface area contributed by atoms with Gasteiger partial charge in [0.15, 0.2) is 0 Å². The fraction of sp³-hybridized carbons (Fsp3) is 0.480. The van der Waals surface area contributed by atoms with Crippen LogP contribution in [0.25, 0.3) is 11.0 Å². The van der Waals surface area contributed by atoms with Crippen LogP contribution >= 0.6 is 0 Å². The molecule has 0 radical (unpaired) electrons. The highest BCUT2D eigenvalue weighted by Crippen LogP contribution is 2.33. The number of methoxy groups -OCH3 is 2. The molecule has 1 aliphatic heterocycles. The summed E-state index contributed by atoms with van der Waals surface area (Å²) in [6.07, 6.45) is 2.83. The van der Waals surface area contributed by atoms with Gasteiger partial charge in [-0.25, -0.2) is 9.97 Å². The zero-order valence-electron chi connectivity index (χ0n) is 19.9. The molecule has 8 heteroatoms. The van der Waals surface area contributed by atoms with E-state index in [4.69, 9.17) is 9.47 Å². The van der Waals surface area contributed by atoms with Crippen LogP contribution in [-0.2, 0) is 13.1 Å².